The lowest BCUT2D eigenvalue weighted by Gasteiger charge is -2.26. The average molecular weight is 317 g/mol. The van der Waals surface area contributed by atoms with Crippen molar-refractivity contribution in [2.75, 3.05) is 0 Å². The van der Waals surface area contributed by atoms with Gasteiger partial charge < -0.3 is 10.4 Å². The summed E-state index contributed by atoms with van der Waals surface area (Å²) in [5.74, 6) is -1.14. The molecule has 6 heteroatoms. The Kier molecular flexibility index (Phi) is 4.71. The molecule has 23 heavy (non-hydrogen) atoms. The molecule has 122 valence electrons. The Hall–Kier alpha value is -2.21. The molecule has 0 amide bonds. The van der Waals surface area contributed by atoms with E-state index in [-0.39, 0.29) is 11.7 Å². The molecule has 1 aromatic carbocycles. The van der Waals surface area contributed by atoms with Crippen LogP contribution in [0, 0.1) is 11.7 Å². The van der Waals surface area contributed by atoms with Gasteiger partial charge in [0.2, 0.25) is 0 Å². The predicted molar refractivity (Wildman–Crippen MR) is 84.2 cm³/mol. The number of nitrogens with zero attached hydrogens (tertiary/aromatic N) is 1. The zero-order valence-electron chi connectivity index (χ0n) is 12.8. The molecule has 0 atom stereocenters. The number of hydrogen-bond acceptors (Lipinski definition) is 3. The molecule has 2 aromatic rings. The van der Waals surface area contributed by atoms with Gasteiger partial charge in [0, 0.05) is 23.7 Å². The monoisotopic (exact) mass is 317 g/mol. The van der Waals surface area contributed by atoms with Crippen molar-refractivity contribution in [1.29, 1.82) is 0 Å². The quantitative estimate of drug-likeness (QED) is 0.792. The van der Waals surface area contributed by atoms with Gasteiger partial charge in [-0.2, -0.15) is 5.10 Å². The van der Waals surface area contributed by atoms with Gasteiger partial charge in [0.1, 0.15) is 5.82 Å². The van der Waals surface area contributed by atoms with Crippen molar-refractivity contribution in [2.24, 2.45) is 5.92 Å². The van der Waals surface area contributed by atoms with Crippen LogP contribution in [0.2, 0.25) is 0 Å². The summed E-state index contributed by atoms with van der Waals surface area (Å²) in [4.78, 5) is 11.0. The Morgan fingerprint density at radius 2 is 1.96 bits per heavy atom. The van der Waals surface area contributed by atoms with E-state index in [0.29, 0.717) is 12.6 Å². The maximum absolute atomic E-state index is 13.0. The Morgan fingerprint density at radius 1 is 1.26 bits per heavy atom. The fraction of sp³-hybridized carbons (Fsp3) is 0.412. The molecular weight excluding hydrogens is 297 g/mol. The number of rotatable bonds is 5. The van der Waals surface area contributed by atoms with Crippen LogP contribution in [-0.4, -0.2) is 27.3 Å². The van der Waals surface area contributed by atoms with Gasteiger partial charge in [-0.3, -0.25) is 9.89 Å². The van der Waals surface area contributed by atoms with Crippen LogP contribution in [0.25, 0.3) is 11.3 Å². The fourth-order valence-electron chi connectivity index (χ4n) is 3.11. The molecule has 3 N–H and O–H groups in total. The van der Waals surface area contributed by atoms with Crippen molar-refractivity contribution >= 4 is 5.97 Å². The van der Waals surface area contributed by atoms with E-state index in [1.165, 1.54) is 12.1 Å². The first-order chi connectivity index (χ1) is 11.1. The van der Waals surface area contributed by atoms with Gasteiger partial charge in [0.05, 0.1) is 17.8 Å². The highest BCUT2D eigenvalue weighted by molar-refractivity contribution is 5.70. The van der Waals surface area contributed by atoms with Crippen LogP contribution in [0.1, 0.15) is 31.2 Å². The second kappa shape index (κ2) is 6.91. The van der Waals surface area contributed by atoms with Crippen LogP contribution in [0.3, 0.4) is 0 Å². The number of nitrogens with one attached hydrogen (secondary N) is 2. The first-order valence-corrected chi connectivity index (χ1v) is 7.88. The molecular formula is C17H20FN3O2. The molecule has 1 aliphatic carbocycles. The van der Waals surface area contributed by atoms with Gasteiger partial charge in [-0.1, -0.05) is 0 Å². The molecule has 0 spiro atoms. The van der Waals surface area contributed by atoms with Crippen LogP contribution in [0.5, 0.6) is 0 Å². The molecule has 0 aliphatic heterocycles. The number of carboxylic acid groups (broad SMARTS) is 1. The molecule has 0 bridgehead atoms. The van der Waals surface area contributed by atoms with Gasteiger partial charge in [0.15, 0.2) is 0 Å². The number of aromatic amines is 1. The van der Waals surface area contributed by atoms with Crippen LogP contribution in [-0.2, 0) is 11.3 Å². The highest BCUT2D eigenvalue weighted by Crippen LogP contribution is 2.26. The topological polar surface area (TPSA) is 78.0 Å². The Morgan fingerprint density at radius 3 is 2.61 bits per heavy atom. The van der Waals surface area contributed by atoms with Crippen molar-refractivity contribution in [3.05, 3.63) is 41.8 Å². The van der Waals surface area contributed by atoms with Gasteiger partial charge >= 0.3 is 5.97 Å². The zero-order valence-corrected chi connectivity index (χ0v) is 12.8. The largest absolute Gasteiger partial charge is 0.481 e. The lowest BCUT2D eigenvalue weighted by atomic mass is 9.86. The first kappa shape index (κ1) is 15.7. The molecule has 1 fully saturated rings. The molecule has 0 radical (unpaired) electrons. The highest BCUT2D eigenvalue weighted by atomic mass is 19.1. The van der Waals surface area contributed by atoms with E-state index >= 15 is 0 Å². The fourth-order valence-corrected chi connectivity index (χ4v) is 3.11. The van der Waals surface area contributed by atoms with E-state index < -0.39 is 5.97 Å². The third kappa shape index (κ3) is 3.76. The van der Waals surface area contributed by atoms with E-state index in [4.69, 9.17) is 5.11 Å². The Labute approximate surface area is 133 Å². The normalized spacial score (nSPS) is 21.3. The minimum Gasteiger partial charge on any atom is -0.481 e. The van der Waals surface area contributed by atoms with E-state index in [0.717, 1.165) is 42.5 Å². The van der Waals surface area contributed by atoms with Crippen molar-refractivity contribution in [2.45, 2.75) is 38.3 Å². The number of hydrogen-bond donors (Lipinski definition) is 3. The summed E-state index contributed by atoms with van der Waals surface area (Å²) in [6, 6.07) is 6.65. The average Bonchev–Trinajstić information content (AvgIpc) is 3.02. The number of halogens is 1. The van der Waals surface area contributed by atoms with Gasteiger partial charge in [-0.15, -0.1) is 0 Å². The third-order valence-electron chi connectivity index (χ3n) is 4.51. The SMILES string of the molecule is O=C(O)C1CCC(NCc2cn[nH]c2-c2ccc(F)cc2)CC1. The minimum atomic E-state index is -0.683. The second-order valence-corrected chi connectivity index (χ2v) is 6.04. The standard InChI is InChI=1S/C17H20FN3O2/c18-14-5-1-11(2-6-14)16-13(10-20-21-16)9-19-15-7-3-12(4-8-15)17(22)23/h1-2,5-6,10,12,15,19H,3-4,7-9H2,(H,20,21)(H,22,23). The maximum Gasteiger partial charge on any atom is 0.306 e. The Balaban J connectivity index is 1.59. The molecule has 1 aromatic heterocycles. The zero-order chi connectivity index (χ0) is 16.2. The molecule has 0 unspecified atom stereocenters. The van der Waals surface area contributed by atoms with Gasteiger partial charge in [-0.25, -0.2) is 4.39 Å². The molecule has 1 saturated carbocycles. The number of aliphatic carboxylic acids is 1. The van der Waals surface area contributed by atoms with Crippen LogP contribution >= 0.6 is 0 Å². The number of carbonyl (C=O) groups is 1. The first-order valence-electron chi connectivity index (χ1n) is 7.88. The molecule has 3 rings (SSSR count). The minimum absolute atomic E-state index is 0.197. The van der Waals surface area contributed by atoms with E-state index in [9.17, 15) is 9.18 Å². The lowest BCUT2D eigenvalue weighted by molar-refractivity contribution is -0.142. The van der Waals surface area contributed by atoms with Crippen molar-refractivity contribution in [3.63, 3.8) is 0 Å². The molecule has 1 aliphatic rings. The van der Waals surface area contributed by atoms with Gasteiger partial charge in [-0.05, 0) is 49.9 Å². The second-order valence-electron chi connectivity index (χ2n) is 6.04. The molecule has 5 nitrogen and oxygen atoms in total. The predicted octanol–water partition coefficient (Wildman–Crippen LogP) is 2.95. The van der Waals surface area contributed by atoms with Crippen LogP contribution in [0.15, 0.2) is 30.5 Å². The van der Waals surface area contributed by atoms with E-state index in [1.807, 2.05) is 0 Å². The summed E-state index contributed by atoms with van der Waals surface area (Å²) in [5.41, 5.74) is 2.81. The molecule has 1 heterocycles. The maximum atomic E-state index is 13.0. The third-order valence-corrected chi connectivity index (χ3v) is 4.51. The summed E-state index contributed by atoms with van der Waals surface area (Å²) in [6.45, 7) is 0.658. The summed E-state index contributed by atoms with van der Waals surface area (Å²) >= 11 is 0. The summed E-state index contributed by atoms with van der Waals surface area (Å²) in [7, 11) is 0. The highest BCUT2D eigenvalue weighted by Gasteiger charge is 2.25. The van der Waals surface area contributed by atoms with Crippen molar-refractivity contribution in [3.8, 4) is 11.3 Å². The number of H-pyrrole nitrogens is 1. The number of carboxylic acids is 1. The van der Waals surface area contributed by atoms with Gasteiger partial charge in [0.25, 0.3) is 0 Å². The van der Waals surface area contributed by atoms with E-state index in [1.54, 1.807) is 18.3 Å². The van der Waals surface area contributed by atoms with Crippen LogP contribution < -0.4 is 5.32 Å². The number of benzene rings is 1. The number of aromatic nitrogens is 2. The van der Waals surface area contributed by atoms with E-state index in [2.05, 4.69) is 15.5 Å². The van der Waals surface area contributed by atoms with Crippen LogP contribution in [0.4, 0.5) is 4.39 Å². The summed E-state index contributed by atoms with van der Waals surface area (Å²) < 4.78 is 13.0. The summed E-state index contributed by atoms with van der Waals surface area (Å²) in [5, 5.41) is 19.5. The van der Waals surface area contributed by atoms with Crippen molar-refractivity contribution in [1.82, 2.24) is 15.5 Å². The molecule has 0 saturated heterocycles. The smallest absolute Gasteiger partial charge is 0.306 e. The summed E-state index contributed by atoms with van der Waals surface area (Å²) in [6.07, 6.45) is 4.97. The Bertz CT molecular complexity index is 661. The lowest BCUT2D eigenvalue weighted by Crippen LogP contribution is -2.34. The van der Waals surface area contributed by atoms with Crippen molar-refractivity contribution < 1.29 is 14.3 Å².